The van der Waals surface area contributed by atoms with Gasteiger partial charge in [-0.15, -0.1) is 0 Å². The van der Waals surface area contributed by atoms with Crippen LogP contribution in [0.4, 0.5) is 5.82 Å². The fraction of sp³-hybridized carbons (Fsp3) is 0.706. The molecule has 0 bridgehead atoms. The average molecular weight is 275 g/mol. The van der Waals surface area contributed by atoms with E-state index in [1.54, 1.807) is 0 Å². The number of pyridine rings is 1. The molecule has 0 saturated carbocycles. The number of aromatic nitrogens is 1. The predicted molar refractivity (Wildman–Crippen MR) is 86.1 cm³/mol. The van der Waals surface area contributed by atoms with Crippen LogP contribution in [-0.2, 0) is 6.54 Å². The van der Waals surface area contributed by atoms with Crippen molar-refractivity contribution >= 4 is 5.82 Å². The first-order valence-corrected chi connectivity index (χ1v) is 7.83. The molecule has 2 rings (SSSR count). The molecule has 3 heteroatoms. The molecule has 0 aromatic carbocycles. The van der Waals surface area contributed by atoms with Crippen molar-refractivity contribution in [1.82, 2.24) is 10.3 Å². The molecule has 112 valence electrons. The summed E-state index contributed by atoms with van der Waals surface area (Å²) in [6, 6.07) is 2.27. The van der Waals surface area contributed by atoms with Gasteiger partial charge in [0.05, 0.1) is 0 Å². The molecule has 1 aliphatic heterocycles. The highest BCUT2D eigenvalue weighted by molar-refractivity contribution is 5.48. The largest absolute Gasteiger partial charge is 0.356 e. The Hall–Kier alpha value is -1.09. The zero-order valence-electron chi connectivity index (χ0n) is 13.7. The predicted octanol–water partition coefficient (Wildman–Crippen LogP) is 3.37. The third-order valence-electron chi connectivity index (χ3n) is 4.40. The van der Waals surface area contributed by atoms with Crippen LogP contribution < -0.4 is 10.2 Å². The number of rotatable bonds is 4. The van der Waals surface area contributed by atoms with Gasteiger partial charge in [-0.1, -0.05) is 27.7 Å². The quantitative estimate of drug-likeness (QED) is 0.913. The highest BCUT2D eigenvalue weighted by atomic mass is 15.2. The Bertz CT molecular complexity index is 448. The minimum absolute atomic E-state index is 0.396. The standard InChI is InChI=1S/C17H29N3/c1-6-18-10-14-9-13(2)16(19-11-14)20-8-7-15(12-20)17(3,4)5/h9,11,15,18H,6-8,10,12H2,1-5H3. The lowest BCUT2D eigenvalue weighted by Crippen LogP contribution is -2.27. The second-order valence-electron chi connectivity index (χ2n) is 7.06. The van der Waals surface area contributed by atoms with Crippen LogP contribution in [0, 0.1) is 18.3 Å². The van der Waals surface area contributed by atoms with Crippen molar-refractivity contribution in [3.63, 3.8) is 0 Å². The van der Waals surface area contributed by atoms with Gasteiger partial charge in [0.25, 0.3) is 0 Å². The van der Waals surface area contributed by atoms with Crippen LogP contribution in [0.15, 0.2) is 12.3 Å². The molecule has 1 atom stereocenters. The van der Waals surface area contributed by atoms with Crippen molar-refractivity contribution in [3.8, 4) is 0 Å². The Kier molecular flexibility index (Phi) is 4.69. The number of hydrogen-bond acceptors (Lipinski definition) is 3. The van der Waals surface area contributed by atoms with E-state index in [1.807, 2.05) is 6.20 Å². The molecule has 1 aliphatic rings. The summed E-state index contributed by atoms with van der Waals surface area (Å²) in [5.41, 5.74) is 2.97. The van der Waals surface area contributed by atoms with E-state index in [2.05, 4.69) is 50.9 Å². The van der Waals surface area contributed by atoms with E-state index >= 15 is 0 Å². The van der Waals surface area contributed by atoms with Crippen LogP contribution in [-0.4, -0.2) is 24.6 Å². The van der Waals surface area contributed by atoms with Crippen molar-refractivity contribution in [1.29, 1.82) is 0 Å². The lowest BCUT2D eigenvalue weighted by atomic mass is 9.80. The molecule has 0 aliphatic carbocycles. The summed E-state index contributed by atoms with van der Waals surface area (Å²) in [6.07, 6.45) is 3.30. The normalized spacial score (nSPS) is 19.6. The van der Waals surface area contributed by atoms with Crippen molar-refractivity contribution in [2.24, 2.45) is 11.3 Å². The van der Waals surface area contributed by atoms with Crippen LogP contribution >= 0.6 is 0 Å². The highest BCUT2D eigenvalue weighted by Crippen LogP contribution is 2.35. The molecule has 1 fully saturated rings. The van der Waals surface area contributed by atoms with Crippen LogP contribution in [0.1, 0.15) is 45.2 Å². The van der Waals surface area contributed by atoms with Crippen LogP contribution in [0.5, 0.6) is 0 Å². The summed E-state index contributed by atoms with van der Waals surface area (Å²) in [4.78, 5) is 7.18. The first-order valence-electron chi connectivity index (χ1n) is 7.83. The lowest BCUT2D eigenvalue weighted by Gasteiger charge is -2.27. The van der Waals surface area contributed by atoms with Gasteiger partial charge in [0, 0.05) is 25.8 Å². The first kappa shape index (κ1) is 15.3. The second-order valence-corrected chi connectivity index (χ2v) is 7.06. The smallest absolute Gasteiger partial charge is 0.131 e. The summed E-state index contributed by atoms with van der Waals surface area (Å²) in [5, 5.41) is 3.35. The Morgan fingerprint density at radius 2 is 2.15 bits per heavy atom. The fourth-order valence-electron chi connectivity index (χ4n) is 2.98. The van der Waals surface area contributed by atoms with Crippen LogP contribution in [0.25, 0.3) is 0 Å². The number of anilines is 1. The second kappa shape index (κ2) is 6.13. The summed E-state index contributed by atoms with van der Waals surface area (Å²) < 4.78 is 0. The van der Waals surface area contributed by atoms with Crippen molar-refractivity contribution < 1.29 is 0 Å². The molecule has 3 nitrogen and oxygen atoms in total. The van der Waals surface area contributed by atoms with Gasteiger partial charge in [-0.3, -0.25) is 0 Å². The maximum Gasteiger partial charge on any atom is 0.131 e. The summed E-state index contributed by atoms with van der Waals surface area (Å²) in [7, 11) is 0. The first-order chi connectivity index (χ1) is 9.41. The molecule has 1 aromatic rings. The molecule has 1 saturated heterocycles. The topological polar surface area (TPSA) is 28.2 Å². The summed E-state index contributed by atoms with van der Waals surface area (Å²) >= 11 is 0. The van der Waals surface area contributed by atoms with Gasteiger partial charge < -0.3 is 10.2 Å². The van der Waals surface area contributed by atoms with Gasteiger partial charge >= 0.3 is 0 Å². The third kappa shape index (κ3) is 3.51. The molecule has 1 aromatic heterocycles. The van der Waals surface area contributed by atoms with E-state index in [9.17, 15) is 0 Å². The highest BCUT2D eigenvalue weighted by Gasteiger charge is 2.32. The molecular formula is C17H29N3. The van der Waals surface area contributed by atoms with Crippen molar-refractivity contribution in [2.45, 2.75) is 47.6 Å². The number of aryl methyl sites for hydroxylation is 1. The lowest BCUT2D eigenvalue weighted by molar-refractivity contribution is 0.263. The van der Waals surface area contributed by atoms with E-state index in [-0.39, 0.29) is 0 Å². The van der Waals surface area contributed by atoms with E-state index in [1.165, 1.54) is 23.4 Å². The van der Waals surface area contributed by atoms with Gasteiger partial charge in [-0.05, 0) is 48.4 Å². The summed E-state index contributed by atoms with van der Waals surface area (Å²) in [5.74, 6) is 1.95. The van der Waals surface area contributed by atoms with Crippen molar-refractivity contribution in [2.75, 3.05) is 24.5 Å². The minimum atomic E-state index is 0.396. The average Bonchev–Trinajstić information content (AvgIpc) is 2.85. The van der Waals surface area contributed by atoms with E-state index in [4.69, 9.17) is 4.98 Å². The van der Waals surface area contributed by atoms with Crippen molar-refractivity contribution in [3.05, 3.63) is 23.4 Å². The van der Waals surface area contributed by atoms with Gasteiger partial charge in [-0.25, -0.2) is 4.98 Å². The Labute approximate surface area is 123 Å². The minimum Gasteiger partial charge on any atom is -0.356 e. The van der Waals surface area contributed by atoms with Gasteiger partial charge in [0.2, 0.25) is 0 Å². The molecule has 1 unspecified atom stereocenters. The monoisotopic (exact) mass is 275 g/mol. The van der Waals surface area contributed by atoms with Crippen LogP contribution in [0.3, 0.4) is 0 Å². The number of nitrogens with one attached hydrogen (secondary N) is 1. The molecule has 2 heterocycles. The number of nitrogens with zero attached hydrogens (tertiary/aromatic N) is 2. The van der Waals surface area contributed by atoms with Gasteiger partial charge in [0.15, 0.2) is 0 Å². The fourth-order valence-corrected chi connectivity index (χ4v) is 2.98. The SMILES string of the molecule is CCNCc1cnc(N2CCC(C(C)(C)C)C2)c(C)c1. The van der Waals surface area contributed by atoms with E-state index in [0.717, 1.165) is 32.1 Å². The third-order valence-corrected chi connectivity index (χ3v) is 4.40. The molecule has 1 N–H and O–H groups in total. The van der Waals surface area contributed by atoms with Gasteiger partial charge in [-0.2, -0.15) is 0 Å². The zero-order valence-corrected chi connectivity index (χ0v) is 13.7. The van der Waals surface area contributed by atoms with E-state index < -0.39 is 0 Å². The molecule has 20 heavy (non-hydrogen) atoms. The maximum absolute atomic E-state index is 4.72. The van der Waals surface area contributed by atoms with E-state index in [0.29, 0.717) is 5.41 Å². The summed E-state index contributed by atoms with van der Waals surface area (Å²) in [6.45, 7) is 15.6. The van der Waals surface area contributed by atoms with Gasteiger partial charge in [0.1, 0.15) is 5.82 Å². The molecule has 0 amide bonds. The molecular weight excluding hydrogens is 246 g/mol. The number of hydrogen-bond donors (Lipinski definition) is 1. The van der Waals surface area contributed by atoms with Crippen LogP contribution in [0.2, 0.25) is 0 Å². The zero-order chi connectivity index (χ0) is 14.8. The molecule has 0 spiro atoms. The Balaban J connectivity index is 2.07. The maximum atomic E-state index is 4.72. The Morgan fingerprint density at radius 3 is 2.70 bits per heavy atom. The molecule has 0 radical (unpaired) electrons. The Morgan fingerprint density at radius 1 is 1.40 bits per heavy atom.